The van der Waals surface area contributed by atoms with Crippen LogP contribution in [0.3, 0.4) is 0 Å². The number of rotatable bonds is 3. The van der Waals surface area contributed by atoms with E-state index in [1.165, 1.54) is 31.6 Å². The second kappa shape index (κ2) is 4.69. The third-order valence-electron chi connectivity index (χ3n) is 2.17. The molecule has 86 valence electrons. The molecule has 0 bridgehead atoms. The fourth-order valence-corrected chi connectivity index (χ4v) is 1.31. The average molecular weight is 232 g/mol. The van der Waals surface area contributed by atoms with Crippen molar-refractivity contribution in [3.63, 3.8) is 0 Å². The molecule has 0 saturated heterocycles. The smallest absolute Gasteiger partial charge is 0.213 e. The van der Waals surface area contributed by atoms with Gasteiger partial charge in [-0.15, -0.1) is 0 Å². The predicted octanol–water partition coefficient (Wildman–Crippen LogP) is 1.86. The van der Waals surface area contributed by atoms with Crippen molar-refractivity contribution in [1.29, 1.82) is 0 Å². The van der Waals surface area contributed by atoms with Gasteiger partial charge in [0.05, 0.1) is 19.5 Å². The highest BCUT2D eigenvalue weighted by Crippen LogP contribution is 2.13. The van der Waals surface area contributed by atoms with Crippen molar-refractivity contribution in [3.8, 4) is 5.75 Å². The number of pyridine rings is 2. The fraction of sp³-hybridized carbons (Fsp3) is 0.0833. The molecule has 2 aromatic heterocycles. The van der Waals surface area contributed by atoms with Gasteiger partial charge < -0.3 is 4.74 Å². The minimum Gasteiger partial charge on any atom is -0.495 e. The van der Waals surface area contributed by atoms with Gasteiger partial charge in [0, 0.05) is 11.8 Å². The molecular weight excluding hydrogens is 223 g/mol. The van der Waals surface area contributed by atoms with Crippen LogP contribution in [-0.4, -0.2) is 22.9 Å². The first-order valence-electron chi connectivity index (χ1n) is 4.86. The number of carbonyl (C=O) groups is 1. The van der Waals surface area contributed by atoms with Crippen LogP contribution in [0.15, 0.2) is 36.8 Å². The summed E-state index contributed by atoms with van der Waals surface area (Å²) in [6.07, 6.45) is 3.91. The molecule has 0 aliphatic carbocycles. The summed E-state index contributed by atoms with van der Waals surface area (Å²) in [6, 6.07) is 4.07. The predicted molar refractivity (Wildman–Crippen MR) is 58.4 cm³/mol. The largest absolute Gasteiger partial charge is 0.495 e. The molecule has 0 unspecified atom stereocenters. The Labute approximate surface area is 97.1 Å². The summed E-state index contributed by atoms with van der Waals surface area (Å²) in [4.78, 5) is 19.5. The van der Waals surface area contributed by atoms with Gasteiger partial charge in [-0.3, -0.25) is 9.78 Å². The summed E-state index contributed by atoms with van der Waals surface area (Å²) in [7, 11) is 1.49. The minimum atomic E-state index is -0.481. The Balaban J connectivity index is 2.33. The first kappa shape index (κ1) is 11.2. The fourth-order valence-electron chi connectivity index (χ4n) is 1.31. The zero-order valence-electron chi connectivity index (χ0n) is 9.05. The van der Waals surface area contributed by atoms with E-state index < -0.39 is 5.82 Å². The molecule has 0 radical (unpaired) electrons. The Bertz CT molecular complexity index is 540. The minimum absolute atomic E-state index is 0.168. The number of nitrogens with zero attached hydrogens (tertiary/aromatic N) is 2. The van der Waals surface area contributed by atoms with E-state index in [1.807, 2.05) is 0 Å². The number of ketones is 1. The second-order valence-electron chi connectivity index (χ2n) is 3.30. The Morgan fingerprint density at radius 3 is 2.76 bits per heavy atom. The lowest BCUT2D eigenvalue weighted by atomic mass is 10.1. The van der Waals surface area contributed by atoms with Crippen LogP contribution in [0, 0.1) is 5.82 Å². The van der Waals surface area contributed by atoms with Crippen molar-refractivity contribution in [2.24, 2.45) is 0 Å². The van der Waals surface area contributed by atoms with Gasteiger partial charge in [-0.25, -0.2) is 9.37 Å². The Morgan fingerprint density at radius 2 is 2.12 bits per heavy atom. The number of carbonyl (C=O) groups excluding carboxylic acids is 1. The Hall–Kier alpha value is -2.30. The Morgan fingerprint density at radius 1 is 1.29 bits per heavy atom. The highest BCUT2D eigenvalue weighted by molar-refractivity contribution is 6.07. The SMILES string of the molecule is COc1cncc(C(=O)c2ccc(F)cn2)c1. The van der Waals surface area contributed by atoms with Gasteiger partial charge in [-0.2, -0.15) is 0 Å². The monoisotopic (exact) mass is 232 g/mol. The first-order valence-corrected chi connectivity index (χ1v) is 4.86. The Kier molecular flexibility index (Phi) is 3.09. The molecule has 5 heteroatoms. The third-order valence-corrected chi connectivity index (χ3v) is 2.17. The molecule has 0 saturated carbocycles. The topological polar surface area (TPSA) is 52.1 Å². The molecule has 0 amide bonds. The molecule has 0 aliphatic rings. The van der Waals surface area contributed by atoms with Gasteiger partial charge in [-0.1, -0.05) is 0 Å². The summed E-state index contributed by atoms with van der Waals surface area (Å²) < 4.78 is 17.6. The lowest BCUT2D eigenvalue weighted by Gasteiger charge is -2.02. The lowest BCUT2D eigenvalue weighted by Crippen LogP contribution is -2.04. The number of hydrogen-bond acceptors (Lipinski definition) is 4. The zero-order valence-corrected chi connectivity index (χ0v) is 9.05. The lowest BCUT2D eigenvalue weighted by molar-refractivity contribution is 0.103. The molecule has 0 aromatic carbocycles. The van der Waals surface area contributed by atoms with E-state index in [9.17, 15) is 9.18 Å². The van der Waals surface area contributed by atoms with E-state index in [1.54, 1.807) is 6.07 Å². The van der Waals surface area contributed by atoms with Crippen molar-refractivity contribution in [2.45, 2.75) is 0 Å². The maximum Gasteiger partial charge on any atom is 0.213 e. The highest BCUT2D eigenvalue weighted by atomic mass is 19.1. The molecule has 17 heavy (non-hydrogen) atoms. The molecule has 2 rings (SSSR count). The number of halogens is 1. The van der Waals surface area contributed by atoms with Crippen molar-refractivity contribution >= 4 is 5.78 Å². The van der Waals surface area contributed by atoms with Crippen LogP contribution in [-0.2, 0) is 0 Å². The second-order valence-corrected chi connectivity index (χ2v) is 3.30. The van der Waals surface area contributed by atoms with Gasteiger partial charge in [-0.05, 0) is 18.2 Å². The van der Waals surface area contributed by atoms with E-state index >= 15 is 0 Å². The van der Waals surface area contributed by atoms with E-state index in [4.69, 9.17) is 4.74 Å². The van der Waals surface area contributed by atoms with Gasteiger partial charge in [0.15, 0.2) is 0 Å². The number of hydrogen-bond donors (Lipinski definition) is 0. The molecular formula is C12H9FN2O2. The molecule has 0 N–H and O–H groups in total. The van der Waals surface area contributed by atoms with Crippen molar-refractivity contribution in [2.75, 3.05) is 7.11 Å². The summed E-state index contributed by atoms with van der Waals surface area (Å²) in [5.41, 5.74) is 0.518. The number of aromatic nitrogens is 2. The summed E-state index contributed by atoms with van der Waals surface area (Å²) in [5.74, 6) is -0.320. The van der Waals surface area contributed by atoms with E-state index in [0.29, 0.717) is 11.3 Å². The van der Waals surface area contributed by atoms with Crippen LogP contribution in [0.5, 0.6) is 5.75 Å². The summed E-state index contributed by atoms with van der Waals surface area (Å²) >= 11 is 0. The van der Waals surface area contributed by atoms with Crippen molar-refractivity contribution in [3.05, 3.63) is 53.9 Å². The van der Waals surface area contributed by atoms with Gasteiger partial charge in [0.25, 0.3) is 0 Å². The molecule has 0 atom stereocenters. The van der Waals surface area contributed by atoms with Gasteiger partial charge in [0.1, 0.15) is 17.3 Å². The molecule has 0 aliphatic heterocycles. The first-order chi connectivity index (χ1) is 8.20. The van der Waals surface area contributed by atoms with Crippen molar-refractivity contribution in [1.82, 2.24) is 9.97 Å². The highest BCUT2D eigenvalue weighted by Gasteiger charge is 2.11. The molecule has 2 aromatic rings. The zero-order chi connectivity index (χ0) is 12.3. The van der Waals surface area contributed by atoms with E-state index in [0.717, 1.165) is 6.20 Å². The average Bonchev–Trinajstić information content (AvgIpc) is 2.39. The maximum absolute atomic E-state index is 12.7. The summed E-state index contributed by atoms with van der Waals surface area (Å²) in [6.45, 7) is 0. The van der Waals surface area contributed by atoms with E-state index in [2.05, 4.69) is 9.97 Å². The van der Waals surface area contributed by atoms with Crippen LogP contribution in [0.25, 0.3) is 0 Å². The maximum atomic E-state index is 12.7. The van der Waals surface area contributed by atoms with E-state index in [-0.39, 0.29) is 11.5 Å². The molecule has 4 nitrogen and oxygen atoms in total. The third kappa shape index (κ3) is 2.44. The van der Waals surface area contributed by atoms with Crippen LogP contribution in [0.1, 0.15) is 16.1 Å². The van der Waals surface area contributed by atoms with Crippen LogP contribution < -0.4 is 4.74 Å². The molecule has 0 fully saturated rings. The van der Waals surface area contributed by atoms with Gasteiger partial charge >= 0.3 is 0 Å². The number of methoxy groups -OCH3 is 1. The van der Waals surface area contributed by atoms with Crippen LogP contribution >= 0.6 is 0 Å². The molecule has 2 heterocycles. The normalized spacial score (nSPS) is 10.0. The standard InChI is InChI=1S/C12H9FN2O2/c1-17-10-4-8(5-14-7-10)12(16)11-3-2-9(13)6-15-11/h2-7H,1H3. The quantitative estimate of drug-likeness (QED) is 0.758. The van der Waals surface area contributed by atoms with Crippen LogP contribution in [0.4, 0.5) is 4.39 Å². The van der Waals surface area contributed by atoms with Crippen molar-refractivity contribution < 1.29 is 13.9 Å². The summed E-state index contributed by atoms with van der Waals surface area (Å²) in [5, 5.41) is 0. The van der Waals surface area contributed by atoms with Crippen LogP contribution in [0.2, 0.25) is 0 Å². The number of ether oxygens (including phenoxy) is 1. The van der Waals surface area contributed by atoms with Gasteiger partial charge in [0.2, 0.25) is 5.78 Å². The molecule has 0 spiro atoms.